The molecule has 3 heteroatoms. The monoisotopic (exact) mass is 289 g/mol. The van der Waals surface area contributed by atoms with Crippen molar-refractivity contribution in [1.82, 2.24) is 15.2 Å². The summed E-state index contributed by atoms with van der Waals surface area (Å²) in [7, 11) is 0. The van der Waals surface area contributed by atoms with E-state index in [0.29, 0.717) is 0 Å². The fourth-order valence-electron chi connectivity index (χ4n) is 2.95. The second kappa shape index (κ2) is 7.37. The molecule has 0 saturated carbocycles. The molecule has 1 saturated heterocycles. The van der Waals surface area contributed by atoms with Gasteiger partial charge in [-0.2, -0.15) is 0 Å². The molecule has 2 rings (SSSR count). The Morgan fingerprint density at radius 1 is 1.33 bits per heavy atom. The molecule has 1 aliphatic rings. The van der Waals surface area contributed by atoms with Crippen LogP contribution in [0, 0.1) is 5.92 Å². The van der Waals surface area contributed by atoms with Gasteiger partial charge in [0.2, 0.25) is 0 Å². The van der Waals surface area contributed by atoms with Crippen LogP contribution < -0.4 is 5.32 Å². The quantitative estimate of drug-likeness (QED) is 0.867. The molecule has 1 aliphatic heterocycles. The summed E-state index contributed by atoms with van der Waals surface area (Å²) < 4.78 is 0. The zero-order valence-corrected chi connectivity index (χ0v) is 14.2. The van der Waals surface area contributed by atoms with Crippen LogP contribution in [0.3, 0.4) is 0 Å². The molecular weight excluding hydrogens is 258 g/mol. The third-order valence-electron chi connectivity index (χ3n) is 4.16. The maximum Gasteiger partial charge on any atom is 0.0544 e. The van der Waals surface area contributed by atoms with Crippen LogP contribution in [-0.4, -0.2) is 28.5 Å². The first-order valence-electron chi connectivity index (χ1n) is 8.37. The van der Waals surface area contributed by atoms with Gasteiger partial charge in [0.05, 0.1) is 5.69 Å². The molecule has 1 fully saturated rings. The summed E-state index contributed by atoms with van der Waals surface area (Å²) >= 11 is 0. The topological polar surface area (TPSA) is 28.2 Å². The van der Waals surface area contributed by atoms with Crippen molar-refractivity contribution < 1.29 is 0 Å². The van der Waals surface area contributed by atoms with E-state index in [-0.39, 0.29) is 5.54 Å². The van der Waals surface area contributed by atoms with Crippen molar-refractivity contribution >= 4 is 0 Å². The first kappa shape index (κ1) is 16.4. The van der Waals surface area contributed by atoms with Crippen molar-refractivity contribution in [2.24, 2.45) is 5.92 Å². The average molecular weight is 289 g/mol. The van der Waals surface area contributed by atoms with E-state index in [2.05, 4.69) is 55.0 Å². The molecule has 0 aromatic carbocycles. The Kier molecular flexibility index (Phi) is 5.77. The van der Waals surface area contributed by atoms with Crippen molar-refractivity contribution in [3.63, 3.8) is 0 Å². The smallest absolute Gasteiger partial charge is 0.0544 e. The zero-order chi connectivity index (χ0) is 15.3. The van der Waals surface area contributed by atoms with Gasteiger partial charge in [0.15, 0.2) is 0 Å². The standard InChI is InChI=1S/C18H31N3/c1-5-6-15-9-10-21(13-15)14-17-8-7-16(11-19-17)12-20-18(2,3)4/h7-8,11,15,20H,5-6,9-10,12-14H2,1-4H3. The van der Waals surface area contributed by atoms with Crippen molar-refractivity contribution in [3.8, 4) is 0 Å². The lowest BCUT2D eigenvalue weighted by Crippen LogP contribution is -2.35. The molecule has 1 aromatic rings. The van der Waals surface area contributed by atoms with Gasteiger partial charge in [-0.15, -0.1) is 0 Å². The Hall–Kier alpha value is -0.930. The lowest BCUT2D eigenvalue weighted by atomic mass is 10.0. The lowest BCUT2D eigenvalue weighted by molar-refractivity contribution is 0.309. The van der Waals surface area contributed by atoms with E-state index in [1.165, 1.54) is 43.6 Å². The molecule has 3 nitrogen and oxygen atoms in total. The fourth-order valence-corrected chi connectivity index (χ4v) is 2.95. The van der Waals surface area contributed by atoms with Crippen molar-refractivity contribution in [2.75, 3.05) is 13.1 Å². The number of likely N-dealkylation sites (tertiary alicyclic amines) is 1. The molecule has 1 aromatic heterocycles. The molecular formula is C18H31N3. The molecule has 118 valence electrons. The van der Waals surface area contributed by atoms with Crippen molar-refractivity contribution in [2.45, 2.75) is 65.6 Å². The zero-order valence-electron chi connectivity index (χ0n) is 14.2. The van der Waals surface area contributed by atoms with Crippen LogP contribution in [-0.2, 0) is 13.1 Å². The summed E-state index contributed by atoms with van der Waals surface area (Å²) in [6, 6.07) is 4.40. The fraction of sp³-hybridized carbons (Fsp3) is 0.722. The van der Waals surface area contributed by atoms with E-state index in [9.17, 15) is 0 Å². The summed E-state index contributed by atoms with van der Waals surface area (Å²) in [5.74, 6) is 0.908. The van der Waals surface area contributed by atoms with Gasteiger partial charge in [-0.3, -0.25) is 9.88 Å². The van der Waals surface area contributed by atoms with Crippen LogP contribution in [0.25, 0.3) is 0 Å². The van der Waals surface area contributed by atoms with Gasteiger partial charge in [-0.05, 0) is 57.7 Å². The molecule has 1 N–H and O–H groups in total. The molecule has 0 spiro atoms. The average Bonchev–Trinajstić information content (AvgIpc) is 2.85. The van der Waals surface area contributed by atoms with E-state index >= 15 is 0 Å². The van der Waals surface area contributed by atoms with Gasteiger partial charge in [0.25, 0.3) is 0 Å². The lowest BCUT2D eigenvalue weighted by Gasteiger charge is -2.20. The minimum Gasteiger partial charge on any atom is -0.308 e. The maximum absolute atomic E-state index is 4.63. The molecule has 21 heavy (non-hydrogen) atoms. The Bertz CT molecular complexity index is 419. The van der Waals surface area contributed by atoms with E-state index in [1.807, 2.05) is 6.20 Å². The third-order valence-corrected chi connectivity index (χ3v) is 4.16. The molecule has 0 bridgehead atoms. The predicted octanol–water partition coefficient (Wildman–Crippen LogP) is 3.59. The van der Waals surface area contributed by atoms with Crippen LogP contribution >= 0.6 is 0 Å². The number of pyridine rings is 1. The second-order valence-corrected chi connectivity index (χ2v) is 7.44. The number of nitrogens with one attached hydrogen (secondary N) is 1. The van der Waals surface area contributed by atoms with Gasteiger partial charge in [-0.1, -0.05) is 19.4 Å². The highest BCUT2D eigenvalue weighted by atomic mass is 15.1. The van der Waals surface area contributed by atoms with Crippen LogP contribution in [0.2, 0.25) is 0 Å². The van der Waals surface area contributed by atoms with Gasteiger partial charge in [0.1, 0.15) is 0 Å². The summed E-state index contributed by atoms with van der Waals surface area (Å²) in [6.45, 7) is 13.2. The first-order chi connectivity index (χ1) is 9.96. The van der Waals surface area contributed by atoms with Crippen molar-refractivity contribution in [1.29, 1.82) is 0 Å². The number of hydrogen-bond acceptors (Lipinski definition) is 3. The van der Waals surface area contributed by atoms with E-state index in [0.717, 1.165) is 19.0 Å². The number of aromatic nitrogens is 1. The van der Waals surface area contributed by atoms with Crippen LogP contribution in [0.4, 0.5) is 0 Å². The number of hydrogen-bond donors (Lipinski definition) is 1. The minimum atomic E-state index is 0.155. The third kappa shape index (κ3) is 5.76. The molecule has 1 unspecified atom stereocenters. The van der Waals surface area contributed by atoms with E-state index < -0.39 is 0 Å². The van der Waals surface area contributed by atoms with Crippen LogP contribution in [0.5, 0.6) is 0 Å². The highest BCUT2D eigenvalue weighted by molar-refractivity contribution is 5.14. The highest BCUT2D eigenvalue weighted by Gasteiger charge is 2.21. The van der Waals surface area contributed by atoms with E-state index in [4.69, 9.17) is 0 Å². The Labute approximate surface area is 130 Å². The van der Waals surface area contributed by atoms with Gasteiger partial charge in [0, 0.05) is 31.4 Å². The number of rotatable bonds is 6. The SMILES string of the molecule is CCCC1CCN(Cc2ccc(CNC(C)(C)C)cn2)C1. The van der Waals surface area contributed by atoms with Gasteiger partial charge < -0.3 is 5.32 Å². The molecule has 0 aliphatic carbocycles. The van der Waals surface area contributed by atoms with Crippen molar-refractivity contribution in [3.05, 3.63) is 29.6 Å². The van der Waals surface area contributed by atoms with E-state index in [1.54, 1.807) is 0 Å². The minimum absolute atomic E-state index is 0.155. The summed E-state index contributed by atoms with van der Waals surface area (Å²) in [6.07, 6.45) is 6.07. The van der Waals surface area contributed by atoms with Gasteiger partial charge in [-0.25, -0.2) is 0 Å². The van der Waals surface area contributed by atoms with Gasteiger partial charge >= 0.3 is 0 Å². The van der Waals surface area contributed by atoms with Crippen LogP contribution in [0.1, 0.15) is 58.2 Å². The number of nitrogens with zero attached hydrogens (tertiary/aromatic N) is 2. The summed E-state index contributed by atoms with van der Waals surface area (Å²) in [5, 5.41) is 3.50. The normalized spacial score (nSPS) is 20.1. The first-order valence-corrected chi connectivity index (χ1v) is 8.37. The molecule has 0 amide bonds. The Balaban J connectivity index is 1.80. The predicted molar refractivity (Wildman–Crippen MR) is 89.1 cm³/mol. The highest BCUT2D eigenvalue weighted by Crippen LogP contribution is 2.22. The molecule has 0 radical (unpaired) electrons. The Morgan fingerprint density at radius 3 is 2.76 bits per heavy atom. The molecule has 1 atom stereocenters. The van der Waals surface area contributed by atoms with Crippen LogP contribution in [0.15, 0.2) is 18.3 Å². The Morgan fingerprint density at radius 2 is 2.14 bits per heavy atom. The largest absolute Gasteiger partial charge is 0.308 e. The summed E-state index contributed by atoms with van der Waals surface area (Å²) in [4.78, 5) is 7.18. The summed E-state index contributed by atoms with van der Waals surface area (Å²) in [5.41, 5.74) is 2.62. The second-order valence-electron chi connectivity index (χ2n) is 7.44. The maximum atomic E-state index is 4.63. The molecule has 2 heterocycles.